The molecule has 1 atom stereocenters. The van der Waals surface area contributed by atoms with Gasteiger partial charge in [0.1, 0.15) is 6.10 Å². The molecule has 0 aliphatic carbocycles. The van der Waals surface area contributed by atoms with Gasteiger partial charge >= 0.3 is 0 Å². The van der Waals surface area contributed by atoms with Crippen LogP contribution < -0.4 is 0 Å². The summed E-state index contributed by atoms with van der Waals surface area (Å²) in [4.78, 5) is 0. The SMILES string of the molecule is C=C/C=C\C=C(/C)C1CO1. The van der Waals surface area contributed by atoms with Crippen molar-refractivity contribution < 1.29 is 4.74 Å². The normalized spacial score (nSPS) is 25.3. The molecule has 0 saturated carbocycles. The van der Waals surface area contributed by atoms with Gasteiger partial charge in [-0.15, -0.1) is 0 Å². The van der Waals surface area contributed by atoms with Gasteiger partial charge in [0.2, 0.25) is 0 Å². The minimum Gasteiger partial charge on any atom is -0.368 e. The van der Waals surface area contributed by atoms with Gasteiger partial charge in [0.15, 0.2) is 0 Å². The van der Waals surface area contributed by atoms with Crippen LogP contribution in [-0.4, -0.2) is 12.7 Å². The van der Waals surface area contributed by atoms with Crippen LogP contribution in [0.25, 0.3) is 0 Å². The molecule has 0 aromatic heterocycles. The van der Waals surface area contributed by atoms with Crippen molar-refractivity contribution in [1.29, 1.82) is 0 Å². The Morgan fingerprint density at radius 2 is 2.30 bits per heavy atom. The highest BCUT2D eigenvalue weighted by Gasteiger charge is 2.23. The number of allylic oxidation sites excluding steroid dienone is 4. The fourth-order valence-corrected chi connectivity index (χ4v) is 0.704. The summed E-state index contributed by atoms with van der Waals surface area (Å²) in [5.41, 5.74) is 1.29. The lowest BCUT2D eigenvalue weighted by molar-refractivity contribution is 0.432. The summed E-state index contributed by atoms with van der Waals surface area (Å²) in [6, 6.07) is 0. The van der Waals surface area contributed by atoms with Crippen molar-refractivity contribution in [3.05, 3.63) is 36.5 Å². The second-order valence-corrected chi connectivity index (χ2v) is 2.35. The van der Waals surface area contributed by atoms with Crippen LogP contribution in [0.5, 0.6) is 0 Å². The zero-order valence-corrected chi connectivity index (χ0v) is 6.21. The second-order valence-electron chi connectivity index (χ2n) is 2.35. The van der Waals surface area contributed by atoms with Gasteiger partial charge in [0.05, 0.1) is 6.61 Å². The van der Waals surface area contributed by atoms with Gasteiger partial charge in [0, 0.05) is 0 Å². The third-order valence-electron chi connectivity index (χ3n) is 1.45. The Balaban J connectivity index is 2.36. The third-order valence-corrected chi connectivity index (χ3v) is 1.45. The first kappa shape index (κ1) is 7.29. The van der Waals surface area contributed by atoms with E-state index in [2.05, 4.69) is 19.6 Å². The highest BCUT2D eigenvalue weighted by atomic mass is 16.6. The molecule has 0 N–H and O–H groups in total. The molecule has 10 heavy (non-hydrogen) atoms. The predicted octanol–water partition coefficient (Wildman–Crippen LogP) is 2.07. The second kappa shape index (κ2) is 3.37. The van der Waals surface area contributed by atoms with Crippen LogP contribution in [0, 0.1) is 0 Å². The summed E-state index contributed by atoms with van der Waals surface area (Å²) < 4.78 is 5.07. The van der Waals surface area contributed by atoms with Crippen LogP contribution in [0.1, 0.15) is 6.92 Å². The van der Waals surface area contributed by atoms with Gasteiger partial charge in [-0.25, -0.2) is 0 Å². The van der Waals surface area contributed by atoms with Crippen molar-refractivity contribution in [1.82, 2.24) is 0 Å². The molecule has 1 nitrogen and oxygen atoms in total. The van der Waals surface area contributed by atoms with Gasteiger partial charge in [-0.1, -0.05) is 30.9 Å². The molecule has 0 spiro atoms. The smallest absolute Gasteiger partial charge is 0.102 e. The maximum atomic E-state index is 5.07. The first-order valence-electron chi connectivity index (χ1n) is 3.42. The van der Waals surface area contributed by atoms with Crippen LogP contribution in [0.4, 0.5) is 0 Å². The van der Waals surface area contributed by atoms with Gasteiger partial charge in [-0.3, -0.25) is 0 Å². The molecule has 0 aromatic rings. The molecule has 1 heteroatoms. The Morgan fingerprint density at radius 3 is 2.80 bits per heavy atom. The lowest BCUT2D eigenvalue weighted by Gasteiger charge is -1.87. The molecule has 0 aromatic carbocycles. The maximum absolute atomic E-state index is 5.07. The van der Waals surface area contributed by atoms with Gasteiger partial charge in [0.25, 0.3) is 0 Å². The topological polar surface area (TPSA) is 12.5 Å². The number of hydrogen-bond donors (Lipinski definition) is 0. The van der Waals surface area contributed by atoms with Crippen LogP contribution in [0.15, 0.2) is 36.5 Å². The summed E-state index contributed by atoms with van der Waals surface area (Å²) in [6.45, 7) is 6.54. The van der Waals surface area contributed by atoms with Crippen LogP contribution in [-0.2, 0) is 4.74 Å². The van der Waals surface area contributed by atoms with Crippen molar-refractivity contribution in [3.8, 4) is 0 Å². The van der Waals surface area contributed by atoms with Crippen molar-refractivity contribution >= 4 is 0 Å². The monoisotopic (exact) mass is 136 g/mol. The van der Waals surface area contributed by atoms with E-state index in [0.29, 0.717) is 6.10 Å². The molecule has 1 heterocycles. The summed E-state index contributed by atoms with van der Waals surface area (Å²) in [6.07, 6.45) is 8.10. The van der Waals surface area contributed by atoms with E-state index in [1.54, 1.807) is 6.08 Å². The average molecular weight is 136 g/mol. The molecule has 0 radical (unpaired) electrons. The molecule has 1 saturated heterocycles. The van der Waals surface area contributed by atoms with Crippen LogP contribution >= 0.6 is 0 Å². The summed E-state index contributed by atoms with van der Waals surface area (Å²) in [5, 5.41) is 0. The van der Waals surface area contributed by atoms with Crippen molar-refractivity contribution in [2.75, 3.05) is 6.61 Å². The fraction of sp³-hybridized carbons (Fsp3) is 0.333. The highest BCUT2D eigenvalue weighted by molar-refractivity contribution is 5.19. The van der Waals surface area contributed by atoms with E-state index in [1.165, 1.54) is 5.57 Å². The molecule has 0 amide bonds. The van der Waals surface area contributed by atoms with Crippen LogP contribution in [0.3, 0.4) is 0 Å². The number of epoxide rings is 1. The summed E-state index contributed by atoms with van der Waals surface area (Å²) >= 11 is 0. The quantitative estimate of drug-likeness (QED) is 0.427. The van der Waals surface area contributed by atoms with E-state index in [4.69, 9.17) is 4.74 Å². The fourth-order valence-electron chi connectivity index (χ4n) is 0.704. The van der Waals surface area contributed by atoms with Gasteiger partial charge in [-0.2, -0.15) is 0 Å². The zero-order valence-electron chi connectivity index (χ0n) is 6.21. The van der Waals surface area contributed by atoms with Gasteiger partial charge in [-0.05, 0) is 12.5 Å². The molecule has 1 fully saturated rings. The van der Waals surface area contributed by atoms with E-state index in [0.717, 1.165) is 6.61 Å². The lowest BCUT2D eigenvalue weighted by atomic mass is 10.2. The standard InChI is InChI=1S/C9H12O/c1-3-4-5-6-8(2)9-7-10-9/h3-6,9H,1,7H2,2H3/b5-4-,8-6+. The van der Waals surface area contributed by atoms with E-state index in [-0.39, 0.29) is 0 Å². The summed E-state index contributed by atoms with van der Waals surface area (Å²) in [7, 11) is 0. The molecule has 1 aliphatic rings. The maximum Gasteiger partial charge on any atom is 0.102 e. The molecular formula is C9H12O. The highest BCUT2D eigenvalue weighted by Crippen LogP contribution is 2.18. The van der Waals surface area contributed by atoms with E-state index >= 15 is 0 Å². The van der Waals surface area contributed by atoms with E-state index in [1.807, 2.05) is 12.2 Å². The number of rotatable bonds is 3. The molecule has 1 aliphatic heterocycles. The Labute approximate surface area is 61.7 Å². The Hall–Kier alpha value is -0.820. The average Bonchev–Trinajstić information content (AvgIpc) is 2.69. The number of hydrogen-bond acceptors (Lipinski definition) is 1. The van der Waals surface area contributed by atoms with Crippen LogP contribution in [0.2, 0.25) is 0 Å². The Bertz CT molecular complexity index is 173. The largest absolute Gasteiger partial charge is 0.368 e. The Kier molecular flexibility index (Phi) is 2.46. The minimum absolute atomic E-state index is 0.398. The minimum atomic E-state index is 0.398. The van der Waals surface area contributed by atoms with E-state index < -0.39 is 0 Å². The van der Waals surface area contributed by atoms with Crippen molar-refractivity contribution in [2.45, 2.75) is 13.0 Å². The lowest BCUT2D eigenvalue weighted by Crippen LogP contribution is -1.84. The molecule has 54 valence electrons. The molecule has 1 unspecified atom stereocenters. The zero-order chi connectivity index (χ0) is 7.40. The third kappa shape index (κ3) is 2.19. The first-order valence-corrected chi connectivity index (χ1v) is 3.42. The van der Waals surface area contributed by atoms with Gasteiger partial charge < -0.3 is 4.74 Å². The van der Waals surface area contributed by atoms with Crippen molar-refractivity contribution in [3.63, 3.8) is 0 Å². The van der Waals surface area contributed by atoms with Crippen molar-refractivity contribution in [2.24, 2.45) is 0 Å². The molecule has 0 bridgehead atoms. The van der Waals surface area contributed by atoms with E-state index in [9.17, 15) is 0 Å². The number of ether oxygens (including phenoxy) is 1. The molecular weight excluding hydrogens is 124 g/mol. The first-order chi connectivity index (χ1) is 4.84. The Morgan fingerprint density at radius 1 is 1.60 bits per heavy atom. The predicted molar refractivity (Wildman–Crippen MR) is 42.8 cm³/mol. The summed E-state index contributed by atoms with van der Waals surface area (Å²) in [5.74, 6) is 0. The molecule has 1 rings (SSSR count).